The number of nitrogens with one attached hydrogen (secondary N) is 1. The van der Waals surface area contributed by atoms with Gasteiger partial charge in [0.15, 0.2) is 0 Å². The Bertz CT molecular complexity index is 765. The average molecular weight is 306 g/mol. The quantitative estimate of drug-likeness (QED) is 0.772. The second kappa shape index (κ2) is 5.35. The van der Waals surface area contributed by atoms with E-state index in [4.69, 9.17) is 23.2 Å². The standard InChI is InChI=1S/C15H13Cl2N3/c1-20-14-5-3-2-4-12(14)19-15(20)9-18-13-8-10(16)6-7-11(13)17/h2-8,18H,9H2,1H3. The molecule has 0 atom stereocenters. The summed E-state index contributed by atoms with van der Waals surface area (Å²) in [7, 11) is 2.01. The molecule has 5 heteroatoms. The zero-order chi connectivity index (χ0) is 14.1. The summed E-state index contributed by atoms with van der Waals surface area (Å²) < 4.78 is 2.07. The Morgan fingerprint density at radius 3 is 2.75 bits per heavy atom. The van der Waals surface area contributed by atoms with E-state index >= 15 is 0 Å². The van der Waals surface area contributed by atoms with Crippen LogP contribution in [0.1, 0.15) is 5.82 Å². The van der Waals surface area contributed by atoms with Gasteiger partial charge in [0.25, 0.3) is 0 Å². The molecule has 0 fully saturated rings. The van der Waals surface area contributed by atoms with E-state index in [1.54, 1.807) is 12.1 Å². The van der Waals surface area contributed by atoms with E-state index in [-0.39, 0.29) is 0 Å². The molecule has 1 N–H and O–H groups in total. The van der Waals surface area contributed by atoms with Crippen molar-refractivity contribution in [2.45, 2.75) is 6.54 Å². The van der Waals surface area contributed by atoms with Crippen molar-refractivity contribution in [2.24, 2.45) is 7.05 Å². The molecule has 3 rings (SSSR count). The van der Waals surface area contributed by atoms with Gasteiger partial charge in [-0.25, -0.2) is 4.98 Å². The van der Waals surface area contributed by atoms with Crippen LogP contribution in [0.5, 0.6) is 0 Å². The minimum absolute atomic E-state index is 0.589. The van der Waals surface area contributed by atoms with Gasteiger partial charge in [0.05, 0.1) is 28.3 Å². The van der Waals surface area contributed by atoms with Gasteiger partial charge >= 0.3 is 0 Å². The maximum atomic E-state index is 6.13. The number of para-hydroxylation sites is 2. The second-order valence-corrected chi connectivity index (χ2v) is 5.40. The second-order valence-electron chi connectivity index (χ2n) is 4.55. The molecule has 20 heavy (non-hydrogen) atoms. The van der Waals surface area contributed by atoms with Crippen LogP contribution in [-0.2, 0) is 13.6 Å². The normalized spacial score (nSPS) is 10.9. The Labute approximate surface area is 127 Å². The summed E-state index contributed by atoms with van der Waals surface area (Å²) in [5.41, 5.74) is 2.91. The molecule has 0 amide bonds. The van der Waals surface area contributed by atoms with Crippen LogP contribution in [0.4, 0.5) is 5.69 Å². The Balaban J connectivity index is 1.87. The number of hydrogen-bond acceptors (Lipinski definition) is 2. The first kappa shape index (κ1) is 13.3. The van der Waals surface area contributed by atoms with Gasteiger partial charge in [-0.05, 0) is 30.3 Å². The molecule has 0 bridgehead atoms. The molecule has 0 saturated carbocycles. The number of rotatable bonds is 3. The van der Waals surface area contributed by atoms with Crippen LogP contribution >= 0.6 is 23.2 Å². The number of aromatic nitrogens is 2. The van der Waals surface area contributed by atoms with E-state index in [0.717, 1.165) is 22.5 Å². The molecule has 0 spiro atoms. The lowest BCUT2D eigenvalue weighted by Crippen LogP contribution is -2.06. The summed E-state index contributed by atoms with van der Waals surface area (Å²) >= 11 is 12.1. The van der Waals surface area contributed by atoms with Crippen molar-refractivity contribution in [1.82, 2.24) is 9.55 Å². The van der Waals surface area contributed by atoms with Crippen molar-refractivity contribution in [3.8, 4) is 0 Å². The summed E-state index contributed by atoms with van der Waals surface area (Å²) in [5.74, 6) is 0.947. The van der Waals surface area contributed by atoms with E-state index in [0.29, 0.717) is 16.6 Å². The third kappa shape index (κ3) is 2.47. The van der Waals surface area contributed by atoms with Gasteiger partial charge in [-0.3, -0.25) is 0 Å². The molecule has 0 aliphatic heterocycles. The van der Waals surface area contributed by atoms with Crippen LogP contribution in [0.3, 0.4) is 0 Å². The number of nitrogens with zero attached hydrogens (tertiary/aromatic N) is 2. The maximum Gasteiger partial charge on any atom is 0.128 e. The van der Waals surface area contributed by atoms with Gasteiger partial charge < -0.3 is 9.88 Å². The molecule has 0 aliphatic carbocycles. The molecule has 0 radical (unpaired) electrons. The fourth-order valence-electron chi connectivity index (χ4n) is 2.16. The third-order valence-corrected chi connectivity index (χ3v) is 3.81. The molecular formula is C15H13Cl2N3. The number of benzene rings is 2. The third-order valence-electron chi connectivity index (χ3n) is 3.25. The van der Waals surface area contributed by atoms with E-state index in [1.165, 1.54) is 0 Å². The Morgan fingerprint density at radius 2 is 1.95 bits per heavy atom. The van der Waals surface area contributed by atoms with Crippen molar-refractivity contribution in [3.05, 3.63) is 58.3 Å². The molecule has 1 aromatic heterocycles. The number of anilines is 1. The van der Waals surface area contributed by atoms with Crippen LogP contribution in [-0.4, -0.2) is 9.55 Å². The highest BCUT2D eigenvalue weighted by molar-refractivity contribution is 6.35. The number of hydrogen-bond donors (Lipinski definition) is 1. The van der Waals surface area contributed by atoms with Crippen molar-refractivity contribution in [3.63, 3.8) is 0 Å². The van der Waals surface area contributed by atoms with Gasteiger partial charge in [0, 0.05) is 12.1 Å². The first-order valence-corrected chi connectivity index (χ1v) is 7.00. The predicted octanol–water partition coefficient (Wildman–Crippen LogP) is 4.49. The summed E-state index contributed by atoms with van der Waals surface area (Å²) in [5, 5.41) is 4.57. The van der Waals surface area contributed by atoms with E-state index < -0.39 is 0 Å². The van der Waals surface area contributed by atoms with Crippen molar-refractivity contribution >= 4 is 39.9 Å². The zero-order valence-electron chi connectivity index (χ0n) is 10.9. The fourth-order valence-corrected chi connectivity index (χ4v) is 2.52. The summed E-state index contributed by atoms with van der Waals surface area (Å²) in [4.78, 5) is 4.60. The lowest BCUT2D eigenvalue weighted by molar-refractivity contribution is 0.834. The van der Waals surface area contributed by atoms with Crippen LogP contribution in [0.2, 0.25) is 10.0 Å². The van der Waals surface area contributed by atoms with Crippen molar-refractivity contribution < 1.29 is 0 Å². The van der Waals surface area contributed by atoms with E-state index in [1.807, 2.05) is 31.3 Å². The van der Waals surface area contributed by atoms with Crippen LogP contribution < -0.4 is 5.32 Å². The zero-order valence-corrected chi connectivity index (χ0v) is 12.4. The monoisotopic (exact) mass is 305 g/mol. The van der Waals surface area contributed by atoms with Crippen molar-refractivity contribution in [2.75, 3.05) is 5.32 Å². The topological polar surface area (TPSA) is 29.9 Å². The smallest absolute Gasteiger partial charge is 0.128 e. The summed E-state index contributed by atoms with van der Waals surface area (Å²) in [6.07, 6.45) is 0. The van der Waals surface area contributed by atoms with Gasteiger partial charge in [0.1, 0.15) is 5.82 Å². The Kier molecular flexibility index (Phi) is 3.55. The minimum atomic E-state index is 0.589. The first-order chi connectivity index (χ1) is 9.65. The highest BCUT2D eigenvalue weighted by Crippen LogP contribution is 2.26. The summed E-state index contributed by atoms with van der Waals surface area (Å²) in [6, 6.07) is 13.4. The van der Waals surface area contributed by atoms with Crippen molar-refractivity contribution in [1.29, 1.82) is 0 Å². The number of imidazole rings is 1. The van der Waals surface area contributed by atoms with Crippen LogP contribution in [0.25, 0.3) is 11.0 Å². The highest BCUT2D eigenvalue weighted by Gasteiger charge is 2.08. The number of fused-ring (bicyclic) bond motifs is 1. The molecule has 0 aliphatic rings. The minimum Gasteiger partial charge on any atom is -0.377 e. The SMILES string of the molecule is Cn1c(CNc2cc(Cl)ccc2Cl)nc2ccccc21. The Morgan fingerprint density at radius 1 is 1.15 bits per heavy atom. The molecule has 0 saturated heterocycles. The van der Waals surface area contributed by atoms with Gasteiger partial charge in [0.2, 0.25) is 0 Å². The Hall–Kier alpha value is -1.71. The van der Waals surface area contributed by atoms with Gasteiger partial charge in [-0.2, -0.15) is 0 Å². The molecule has 102 valence electrons. The average Bonchev–Trinajstić information content (AvgIpc) is 2.77. The van der Waals surface area contributed by atoms with E-state index in [2.05, 4.69) is 20.9 Å². The molecular weight excluding hydrogens is 293 g/mol. The van der Waals surface area contributed by atoms with Gasteiger partial charge in [-0.15, -0.1) is 0 Å². The van der Waals surface area contributed by atoms with E-state index in [9.17, 15) is 0 Å². The molecule has 0 unspecified atom stereocenters. The van der Waals surface area contributed by atoms with Gasteiger partial charge in [-0.1, -0.05) is 35.3 Å². The maximum absolute atomic E-state index is 6.13. The molecule has 3 nitrogen and oxygen atoms in total. The fraction of sp³-hybridized carbons (Fsp3) is 0.133. The predicted molar refractivity (Wildman–Crippen MR) is 84.5 cm³/mol. The number of aryl methyl sites for hydroxylation is 1. The summed E-state index contributed by atoms with van der Waals surface area (Å²) in [6.45, 7) is 0.589. The number of halogens is 2. The highest BCUT2D eigenvalue weighted by atomic mass is 35.5. The van der Waals surface area contributed by atoms with Crippen LogP contribution in [0, 0.1) is 0 Å². The molecule has 2 aromatic carbocycles. The molecule has 1 heterocycles. The first-order valence-electron chi connectivity index (χ1n) is 6.24. The lowest BCUT2D eigenvalue weighted by Gasteiger charge is -2.08. The largest absolute Gasteiger partial charge is 0.377 e. The molecule has 3 aromatic rings. The lowest BCUT2D eigenvalue weighted by atomic mass is 10.3. The van der Waals surface area contributed by atoms with Crippen LogP contribution in [0.15, 0.2) is 42.5 Å².